The summed E-state index contributed by atoms with van der Waals surface area (Å²) in [5.74, 6) is -0.309. The number of carbonyl (C=O) groups excluding carboxylic acids is 1. The van der Waals surface area contributed by atoms with Crippen molar-refractivity contribution in [1.82, 2.24) is 4.90 Å². The second-order valence-electron chi connectivity index (χ2n) is 5.11. The number of carbonyl (C=O) groups is 1. The van der Waals surface area contributed by atoms with Crippen molar-refractivity contribution in [3.8, 4) is 0 Å². The lowest BCUT2D eigenvalue weighted by Gasteiger charge is -2.29. The van der Waals surface area contributed by atoms with Crippen LogP contribution >= 0.6 is 12.4 Å². The molecule has 2 aliphatic rings. The Balaban J connectivity index is 0.00000162. The van der Waals surface area contributed by atoms with Crippen molar-refractivity contribution in [2.45, 2.75) is 37.9 Å². The zero-order valence-corrected chi connectivity index (χ0v) is 10.8. The Morgan fingerprint density at radius 1 is 1.28 bits per heavy atom. The molecule has 0 aromatic carbocycles. The molecule has 3 unspecified atom stereocenters. The molecule has 0 spiro atoms. The molecular weight excluding hydrogens is 269 g/mol. The minimum atomic E-state index is -4.41. The van der Waals surface area contributed by atoms with Crippen molar-refractivity contribution in [3.05, 3.63) is 0 Å². The van der Waals surface area contributed by atoms with Gasteiger partial charge in [-0.25, -0.2) is 0 Å². The van der Waals surface area contributed by atoms with Gasteiger partial charge in [-0.3, -0.25) is 4.79 Å². The van der Waals surface area contributed by atoms with Crippen LogP contribution in [0.2, 0.25) is 0 Å². The number of nitrogens with two attached hydrogens (primary N) is 1. The topological polar surface area (TPSA) is 46.3 Å². The summed E-state index contributed by atoms with van der Waals surface area (Å²) in [5, 5.41) is 0. The van der Waals surface area contributed by atoms with Crippen LogP contribution in [-0.2, 0) is 4.79 Å². The van der Waals surface area contributed by atoms with Crippen molar-refractivity contribution in [1.29, 1.82) is 0 Å². The van der Waals surface area contributed by atoms with E-state index in [9.17, 15) is 18.0 Å². The summed E-state index contributed by atoms with van der Waals surface area (Å²) in [5.41, 5.74) is 5.95. The second-order valence-corrected chi connectivity index (χ2v) is 5.11. The molecule has 2 N–H and O–H groups in total. The molecule has 0 radical (unpaired) electrons. The molecule has 0 aromatic heterocycles. The molecule has 1 aliphatic heterocycles. The van der Waals surface area contributed by atoms with E-state index in [2.05, 4.69) is 0 Å². The minimum Gasteiger partial charge on any atom is -0.342 e. The summed E-state index contributed by atoms with van der Waals surface area (Å²) in [4.78, 5) is 12.8. The van der Waals surface area contributed by atoms with Gasteiger partial charge in [0.05, 0.1) is 0 Å². The maximum Gasteiger partial charge on any atom is 0.397 e. The molecule has 1 saturated carbocycles. The average Bonchev–Trinajstić information content (AvgIpc) is 2.60. The maximum absolute atomic E-state index is 12.1. The monoisotopic (exact) mass is 286 g/mol. The van der Waals surface area contributed by atoms with Gasteiger partial charge in [0.25, 0.3) is 0 Å². The number of hydrogen-bond donors (Lipinski definition) is 1. The summed E-state index contributed by atoms with van der Waals surface area (Å²) >= 11 is 0. The van der Waals surface area contributed by atoms with Gasteiger partial charge >= 0.3 is 6.18 Å². The molecule has 1 amide bonds. The third-order valence-electron chi connectivity index (χ3n) is 3.86. The highest BCUT2D eigenvalue weighted by Gasteiger charge is 2.42. The fourth-order valence-corrected chi connectivity index (χ4v) is 3.00. The van der Waals surface area contributed by atoms with Gasteiger partial charge in [0.1, 0.15) is 6.42 Å². The molecule has 3 nitrogen and oxygen atoms in total. The van der Waals surface area contributed by atoms with Gasteiger partial charge < -0.3 is 10.6 Å². The van der Waals surface area contributed by atoms with E-state index in [0.717, 1.165) is 19.3 Å². The lowest BCUT2D eigenvalue weighted by molar-refractivity contribution is -0.160. The van der Waals surface area contributed by atoms with Gasteiger partial charge in [0.15, 0.2) is 0 Å². The van der Waals surface area contributed by atoms with Crippen LogP contribution in [0.25, 0.3) is 0 Å². The molecule has 7 heteroatoms. The molecule has 106 valence electrons. The summed E-state index contributed by atoms with van der Waals surface area (Å²) < 4.78 is 36.4. The van der Waals surface area contributed by atoms with Crippen molar-refractivity contribution in [2.24, 2.45) is 17.6 Å². The summed E-state index contributed by atoms with van der Waals surface area (Å²) in [6, 6.07) is 0.0393. The highest BCUT2D eigenvalue weighted by Crippen LogP contribution is 2.36. The first-order valence-corrected chi connectivity index (χ1v) is 5.97. The van der Waals surface area contributed by atoms with E-state index in [4.69, 9.17) is 5.73 Å². The second kappa shape index (κ2) is 5.65. The fourth-order valence-electron chi connectivity index (χ4n) is 3.00. The van der Waals surface area contributed by atoms with Crippen molar-refractivity contribution in [2.75, 3.05) is 13.1 Å². The first-order chi connectivity index (χ1) is 7.87. The van der Waals surface area contributed by atoms with E-state index in [1.54, 1.807) is 0 Å². The van der Waals surface area contributed by atoms with Crippen LogP contribution in [0.15, 0.2) is 0 Å². The molecule has 0 aromatic rings. The summed E-state index contributed by atoms with van der Waals surface area (Å²) in [6.45, 7) is 0.855. The molecule has 1 aliphatic carbocycles. The Morgan fingerprint density at radius 3 is 2.50 bits per heavy atom. The van der Waals surface area contributed by atoms with Crippen molar-refractivity contribution < 1.29 is 18.0 Å². The number of halogens is 4. The van der Waals surface area contributed by atoms with Gasteiger partial charge in [0.2, 0.25) is 5.91 Å². The molecule has 18 heavy (non-hydrogen) atoms. The number of fused-ring (bicyclic) bond motifs is 1. The zero-order chi connectivity index (χ0) is 12.6. The quantitative estimate of drug-likeness (QED) is 0.801. The van der Waals surface area contributed by atoms with E-state index in [0.29, 0.717) is 19.0 Å². The number of hydrogen-bond acceptors (Lipinski definition) is 2. The lowest BCUT2D eigenvalue weighted by Crippen LogP contribution is -2.38. The predicted octanol–water partition coefficient (Wildman–Crippen LogP) is 1.95. The molecule has 1 heterocycles. The van der Waals surface area contributed by atoms with E-state index >= 15 is 0 Å². The van der Waals surface area contributed by atoms with Gasteiger partial charge in [0, 0.05) is 19.1 Å². The van der Waals surface area contributed by atoms with Crippen LogP contribution in [0.1, 0.15) is 25.7 Å². The first-order valence-electron chi connectivity index (χ1n) is 5.97. The molecular formula is C11H18ClF3N2O. The first kappa shape index (κ1) is 15.6. The number of rotatable bonds is 1. The minimum absolute atomic E-state index is 0. The van der Waals surface area contributed by atoms with Crippen molar-refractivity contribution >= 4 is 18.3 Å². The van der Waals surface area contributed by atoms with Crippen LogP contribution in [0.3, 0.4) is 0 Å². The van der Waals surface area contributed by atoms with Crippen molar-refractivity contribution in [3.63, 3.8) is 0 Å². The largest absolute Gasteiger partial charge is 0.397 e. The molecule has 3 atom stereocenters. The Kier molecular flexibility index (Phi) is 4.89. The van der Waals surface area contributed by atoms with Crippen LogP contribution in [0, 0.1) is 11.8 Å². The van der Waals surface area contributed by atoms with Crippen LogP contribution in [-0.4, -0.2) is 36.1 Å². The third-order valence-corrected chi connectivity index (χ3v) is 3.86. The SMILES string of the molecule is Cl.NC1CCCC2CN(C(=O)CC(F)(F)F)CC12. The fraction of sp³-hybridized carbons (Fsp3) is 0.909. The lowest BCUT2D eigenvalue weighted by atomic mass is 9.78. The molecule has 1 saturated heterocycles. The number of amides is 1. The summed E-state index contributed by atoms with van der Waals surface area (Å²) in [6.07, 6.45) is -2.84. The van der Waals surface area contributed by atoms with Gasteiger partial charge in [-0.1, -0.05) is 6.42 Å². The Hall–Kier alpha value is -0.490. The molecule has 2 fully saturated rings. The van der Waals surface area contributed by atoms with Gasteiger partial charge in [-0.05, 0) is 24.7 Å². The van der Waals surface area contributed by atoms with Crippen LogP contribution < -0.4 is 5.73 Å². The van der Waals surface area contributed by atoms with E-state index in [-0.39, 0.29) is 24.4 Å². The maximum atomic E-state index is 12.1. The highest BCUT2D eigenvalue weighted by molar-refractivity contribution is 5.85. The normalized spacial score (nSPS) is 31.8. The van der Waals surface area contributed by atoms with Crippen LogP contribution in [0.4, 0.5) is 13.2 Å². The third kappa shape index (κ3) is 3.51. The Bertz CT molecular complexity index is 311. The highest BCUT2D eigenvalue weighted by atomic mass is 35.5. The summed E-state index contributed by atoms with van der Waals surface area (Å²) in [7, 11) is 0. The Labute approximate surface area is 110 Å². The van der Waals surface area contributed by atoms with E-state index in [1.165, 1.54) is 4.90 Å². The van der Waals surface area contributed by atoms with Gasteiger partial charge in [-0.15, -0.1) is 12.4 Å². The van der Waals surface area contributed by atoms with E-state index in [1.807, 2.05) is 0 Å². The standard InChI is InChI=1S/C11H17F3N2O.ClH/c12-11(13,14)4-10(17)16-5-7-2-1-3-9(15)8(7)6-16;/h7-9H,1-6,15H2;1H. The smallest absolute Gasteiger partial charge is 0.342 e. The van der Waals surface area contributed by atoms with E-state index < -0.39 is 18.5 Å². The number of alkyl halides is 3. The Morgan fingerprint density at radius 2 is 1.94 bits per heavy atom. The number of nitrogens with zero attached hydrogens (tertiary/aromatic N) is 1. The zero-order valence-electron chi connectivity index (χ0n) is 9.95. The average molecular weight is 287 g/mol. The van der Waals surface area contributed by atoms with Crippen LogP contribution in [0.5, 0.6) is 0 Å². The molecule has 2 rings (SSSR count). The predicted molar refractivity (Wildman–Crippen MR) is 63.3 cm³/mol. The van der Waals surface area contributed by atoms with Gasteiger partial charge in [-0.2, -0.15) is 13.2 Å². The molecule has 0 bridgehead atoms. The number of likely N-dealkylation sites (tertiary alicyclic amines) is 1.